The molecule has 2 amide bonds. The first-order valence-electron chi connectivity index (χ1n) is 6.11. The number of carbonyl (C=O) groups is 2. The van der Waals surface area contributed by atoms with Crippen molar-refractivity contribution in [1.82, 2.24) is 5.32 Å². The Balaban J connectivity index is 2.44. The smallest absolute Gasteiger partial charge is 0.335 e. The molecule has 1 aromatic rings. The Labute approximate surface area is 115 Å². The van der Waals surface area contributed by atoms with Gasteiger partial charge in [-0.2, -0.15) is 0 Å². The van der Waals surface area contributed by atoms with Gasteiger partial charge in [0.15, 0.2) is 0 Å². The molecule has 0 atom stereocenters. The zero-order valence-corrected chi connectivity index (χ0v) is 11.1. The minimum absolute atomic E-state index is 0.0654. The Bertz CT molecular complexity index is 479. The SMILES string of the molecule is COCCCCNC(=O)Nc1ccc(C(=O)O)cc1F. The van der Waals surface area contributed by atoms with E-state index in [1.165, 1.54) is 12.1 Å². The van der Waals surface area contributed by atoms with Crippen LogP contribution in [0.4, 0.5) is 14.9 Å². The van der Waals surface area contributed by atoms with Gasteiger partial charge in [-0.25, -0.2) is 14.0 Å². The highest BCUT2D eigenvalue weighted by Gasteiger charge is 2.10. The van der Waals surface area contributed by atoms with Crippen LogP contribution in [-0.4, -0.2) is 37.4 Å². The minimum Gasteiger partial charge on any atom is -0.478 e. The summed E-state index contributed by atoms with van der Waals surface area (Å²) in [5.41, 5.74) is -0.239. The maximum atomic E-state index is 13.5. The van der Waals surface area contributed by atoms with Gasteiger partial charge in [-0.05, 0) is 31.0 Å². The second kappa shape index (κ2) is 8.11. The van der Waals surface area contributed by atoms with Crippen LogP contribution in [0, 0.1) is 5.82 Å². The monoisotopic (exact) mass is 284 g/mol. The second-order valence-electron chi connectivity index (χ2n) is 4.08. The minimum atomic E-state index is -1.22. The lowest BCUT2D eigenvalue weighted by molar-refractivity contribution is 0.0696. The molecule has 3 N–H and O–H groups in total. The van der Waals surface area contributed by atoms with Crippen molar-refractivity contribution in [3.8, 4) is 0 Å². The van der Waals surface area contributed by atoms with Crippen molar-refractivity contribution in [3.63, 3.8) is 0 Å². The molecular formula is C13H17FN2O4. The van der Waals surface area contributed by atoms with Crippen molar-refractivity contribution in [2.45, 2.75) is 12.8 Å². The summed E-state index contributed by atoms with van der Waals surface area (Å²) < 4.78 is 18.4. The Morgan fingerprint density at radius 1 is 1.35 bits per heavy atom. The van der Waals surface area contributed by atoms with Crippen LogP contribution in [0.3, 0.4) is 0 Å². The van der Waals surface area contributed by atoms with Crippen molar-refractivity contribution in [2.24, 2.45) is 0 Å². The molecule has 0 aliphatic rings. The van der Waals surface area contributed by atoms with Crippen LogP contribution in [0.25, 0.3) is 0 Å². The molecule has 0 bridgehead atoms. The molecule has 0 radical (unpaired) electrons. The van der Waals surface area contributed by atoms with Gasteiger partial charge in [0.05, 0.1) is 11.3 Å². The van der Waals surface area contributed by atoms with E-state index < -0.39 is 17.8 Å². The number of benzene rings is 1. The van der Waals surface area contributed by atoms with E-state index in [0.29, 0.717) is 13.2 Å². The molecule has 0 aliphatic carbocycles. The predicted octanol–water partition coefficient (Wildman–Crippen LogP) is 2.07. The zero-order valence-electron chi connectivity index (χ0n) is 11.1. The van der Waals surface area contributed by atoms with Crippen LogP contribution in [-0.2, 0) is 4.74 Å². The van der Waals surface area contributed by atoms with Gasteiger partial charge in [-0.15, -0.1) is 0 Å². The van der Waals surface area contributed by atoms with Crippen molar-refractivity contribution in [2.75, 3.05) is 25.6 Å². The fraction of sp³-hybridized carbons (Fsp3) is 0.385. The lowest BCUT2D eigenvalue weighted by atomic mass is 10.2. The molecule has 6 nitrogen and oxygen atoms in total. The maximum Gasteiger partial charge on any atom is 0.335 e. The number of carboxylic acid groups (broad SMARTS) is 1. The standard InChI is InChI=1S/C13H17FN2O4/c1-20-7-3-2-6-15-13(19)16-11-5-4-9(12(17)18)8-10(11)14/h4-5,8H,2-3,6-7H2,1H3,(H,17,18)(H2,15,16,19). The summed E-state index contributed by atoms with van der Waals surface area (Å²) in [7, 11) is 1.60. The molecule has 0 heterocycles. The van der Waals surface area contributed by atoms with Gasteiger partial charge in [0.25, 0.3) is 0 Å². The average Bonchev–Trinajstić information content (AvgIpc) is 2.40. The molecule has 110 valence electrons. The average molecular weight is 284 g/mol. The number of rotatable bonds is 7. The van der Waals surface area contributed by atoms with Gasteiger partial charge >= 0.3 is 12.0 Å². The number of amides is 2. The molecule has 0 saturated carbocycles. The molecular weight excluding hydrogens is 267 g/mol. The Morgan fingerprint density at radius 3 is 2.70 bits per heavy atom. The molecule has 0 spiro atoms. The second-order valence-corrected chi connectivity index (χ2v) is 4.08. The zero-order chi connectivity index (χ0) is 15.0. The quantitative estimate of drug-likeness (QED) is 0.669. The summed E-state index contributed by atoms with van der Waals surface area (Å²) in [4.78, 5) is 22.1. The van der Waals surface area contributed by atoms with E-state index in [1.807, 2.05) is 0 Å². The van der Waals surface area contributed by atoms with Crippen LogP contribution < -0.4 is 10.6 Å². The molecule has 1 aromatic carbocycles. The van der Waals surface area contributed by atoms with E-state index in [-0.39, 0.29) is 11.3 Å². The van der Waals surface area contributed by atoms with E-state index in [9.17, 15) is 14.0 Å². The summed E-state index contributed by atoms with van der Waals surface area (Å²) in [6.07, 6.45) is 1.57. The fourth-order valence-corrected chi connectivity index (χ4v) is 1.49. The van der Waals surface area contributed by atoms with E-state index in [0.717, 1.165) is 18.9 Å². The van der Waals surface area contributed by atoms with Crippen LogP contribution in [0.15, 0.2) is 18.2 Å². The van der Waals surface area contributed by atoms with Crippen molar-refractivity contribution >= 4 is 17.7 Å². The third-order valence-corrected chi connectivity index (χ3v) is 2.53. The number of hydrogen-bond acceptors (Lipinski definition) is 3. The van der Waals surface area contributed by atoms with Gasteiger partial charge in [0.1, 0.15) is 5.82 Å². The van der Waals surface area contributed by atoms with E-state index in [1.54, 1.807) is 7.11 Å². The number of hydrogen-bond donors (Lipinski definition) is 3. The van der Waals surface area contributed by atoms with E-state index >= 15 is 0 Å². The van der Waals surface area contributed by atoms with Crippen molar-refractivity contribution in [3.05, 3.63) is 29.6 Å². The summed E-state index contributed by atoms with van der Waals surface area (Å²) in [6.45, 7) is 1.07. The first kappa shape index (κ1) is 15.9. The largest absolute Gasteiger partial charge is 0.478 e. The number of ether oxygens (including phenoxy) is 1. The lowest BCUT2D eigenvalue weighted by Gasteiger charge is -2.08. The first-order chi connectivity index (χ1) is 9.54. The number of nitrogens with one attached hydrogen (secondary N) is 2. The first-order valence-corrected chi connectivity index (χ1v) is 6.11. The van der Waals surface area contributed by atoms with E-state index in [4.69, 9.17) is 9.84 Å². The third-order valence-electron chi connectivity index (χ3n) is 2.53. The van der Waals surface area contributed by atoms with Crippen molar-refractivity contribution < 1.29 is 23.8 Å². The molecule has 1 rings (SSSR count). The molecule has 20 heavy (non-hydrogen) atoms. The predicted molar refractivity (Wildman–Crippen MR) is 71.5 cm³/mol. The number of unbranched alkanes of at least 4 members (excludes halogenated alkanes) is 1. The number of aromatic carboxylic acids is 1. The van der Waals surface area contributed by atoms with Crippen LogP contribution >= 0.6 is 0 Å². The highest BCUT2D eigenvalue weighted by Crippen LogP contribution is 2.15. The fourth-order valence-electron chi connectivity index (χ4n) is 1.49. The molecule has 0 aliphatic heterocycles. The Kier molecular flexibility index (Phi) is 6.45. The Morgan fingerprint density at radius 2 is 2.10 bits per heavy atom. The summed E-state index contributed by atoms with van der Waals surface area (Å²) in [5, 5.41) is 13.6. The number of urea groups is 1. The molecule has 7 heteroatoms. The topological polar surface area (TPSA) is 87.7 Å². The normalized spacial score (nSPS) is 10.1. The number of anilines is 1. The number of carboxylic acids is 1. The van der Waals surface area contributed by atoms with E-state index in [2.05, 4.69) is 10.6 Å². The summed E-state index contributed by atoms with van der Waals surface area (Å²) >= 11 is 0. The molecule has 0 unspecified atom stereocenters. The van der Waals surface area contributed by atoms with Gasteiger partial charge in [0, 0.05) is 20.3 Å². The highest BCUT2D eigenvalue weighted by molar-refractivity contribution is 5.91. The van der Waals surface area contributed by atoms with Gasteiger partial charge in [-0.1, -0.05) is 0 Å². The molecule has 0 aromatic heterocycles. The summed E-state index contributed by atoms with van der Waals surface area (Å²) in [6, 6.07) is 2.75. The summed E-state index contributed by atoms with van der Waals surface area (Å²) in [5.74, 6) is -2.02. The van der Waals surface area contributed by atoms with Gasteiger partial charge in [-0.3, -0.25) is 0 Å². The number of methoxy groups -OCH3 is 1. The third kappa shape index (κ3) is 5.23. The van der Waals surface area contributed by atoms with Crippen LogP contribution in [0.5, 0.6) is 0 Å². The Hall–Kier alpha value is -2.15. The maximum absolute atomic E-state index is 13.5. The molecule has 0 saturated heterocycles. The molecule has 0 fully saturated rings. The van der Waals surface area contributed by atoms with Gasteiger partial charge < -0.3 is 20.5 Å². The highest BCUT2D eigenvalue weighted by atomic mass is 19.1. The lowest BCUT2D eigenvalue weighted by Crippen LogP contribution is -2.30. The van der Waals surface area contributed by atoms with Gasteiger partial charge in [0.2, 0.25) is 0 Å². The van der Waals surface area contributed by atoms with Crippen molar-refractivity contribution in [1.29, 1.82) is 0 Å². The number of halogens is 1. The van der Waals surface area contributed by atoms with Crippen LogP contribution in [0.1, 0.15) is 23.2 Å². The number of carbonyl (C=O) groups excluding carboxylic acids is 1. The van der Waals surface area contributed by atoms with Crippen LogP contribution in [0.2, 0.25) is 0 Å².